The van der Waals surface area contributed by atoms with Crippen LogP contribution in [0.1, 0.15) is 40.3 Å². The highest BCUT2D eigenvalue weighted by molar-refractivity contribution is 5.95. The fraction of sp³-hybridized carbons (Fsp3) is 0.179. The topological polar surface area (TPSA) is 137 Å². The summed E-state index contributed by atoms with van der Waals surface area (Å²) in [5.74, 6) is 0.0970. The summed E-state index contributed by atoms with van der Waals surface area (Å²) in [6, 6.07) is 18.6. The van der Waals surface area contributed by atoms with Gasteiger partial charge in [0.25, 0.3) is 0 Å². The number of aryl methyl sites for hydroxylation is 1. The van der Waals surface area contributed by atoms with Gasteiger partial charge in [-0.25, -0.2) is 9.59 Å². The average Bonchev–Trinajstić information content (AvgIpc) is 2.94. The number of hydrogen-bond donors (Lipinski definition) is 2. The molecule has 184 valence electrons. The summed E-state index contributed by atoms with van der Waals surface area (Å²) in [6.45, 7) is -0.0548. The summed E-state index contributed by atoms with van der Waals surface area (Å²) in [7, 11) is 1.59. The molecule has 1 unspecified atom stereocenters. The zero-order chi connectivity index (χ0) is 26.2. The zero-order valence-corrected chi connectivity index (χ0v) is 20.0. The third kappa shape index (κ3) is 6.11. The summed E-state index contributed by atoms with van der Waals surface area (Å²) in [4.78, 5) is 30.1. The summed E-state index contributed by atoms with van der Waals surface area (Å²) >= 11 is 0. The molecular formula is C28H23N5O4. The number of nitrogens with one attached hydrogen (secondary N) is 2. The first-order valence-corrected chi connectivity index (χ1v) is 11.5. The maximum Gasteiger partial charge on any atom is 0.338 e. The van der Waals surface area contributed by atoms with Crippen molar-refractivity contribution in [3.05, 3.63) is 106 Å². The maximum absolute atomic E-state index is 13.4. The number of hydrogen-bond acceptors (Lipinski definition) is 7. The van der Waals surface area contributed by atoms with E-state index in [2.05, 4.69) is 21.7 Å². The van der Waals surface area contributed by atoms with Crippen molar-refractivity contribution in [2.45, 2.75) is 25.5 Å². The van der Waals surface area contributed by atoms with Gasteiger partial charge in [0.1, 0.15) is 18.4 Å². The molecule has 0 spiro atoms. The summed E-state index contributed by atoms with van der Waals surface area (Å²) in [5.41, 5.74) is 3.53. The smallest absolute Gasteiger partial charge is 0.338 e. The number of aromatic nitrogens is 1. The van der Waals surface area contributed by atoms with Crippen molar-refractivity contribution >= 4 is 12.0 Å². The Hall–Kier alpha value is -5.15. The van der Waals surface area contributed by atoms with Crippen LogP contribution in [0.15, 0.2) is 78.3 Å². The van der Waals surface area contributed by atoms with Gasteiger partial charge in [-0.2, -0.15) is 10.5 Å². The SMILES string of the molecule is COc1ccc(CCC2=C(C(=O)OCc3cccc(C#N)c3)C(c3cncc(C#N)c3)NC(=O)N2)cc1. The molecule has 0 fully saturated rings. The second-order valence-corrected chi connectivity index (χ2v) is 8.28. The Balaban J connectivity index is 1.66. The number of rotatable bonds is 8. The number of allylic oxidation sites excluding steroid dienone is 1. The molecule has 1 atom stereocenters. The largest absolute Gasteiger partial charge is 0.497 e. The Bertz CT molecular complexity index is 1430. The lowest BCUT2D eigenvalue weighted by Crippen LogP contribution is -2.46. The van der Waals surface area contributed by atoms with Crippen molar-refractivity contribution < 1.29 is 19.1 Å². The van der Waals surface area contributed by atoms with E-state index in [-0.39, 0.29) is 12.2 Å². The van der Waals surface area contributed by atoms with Gasteiger partial charge in [-0.15, -0.1) is 0 Å². The first kappa shape index (κ1) is 25.0. The molecule has 2 N–H and O–H groups in total. The highest BCUT2D eigenvalue weighted by atomic mass is 16.5. The lowest BCUT2D eigenvalue weighted by atomic mass is 9.93. The zero-order valence-electron chi connectivity index (χ0n) is 20.0. The van der Waals surface area contributed by atoms with E-state index in [9.17, 15) is 14.9 Å². The van der Waals surface area contributed by atoms with Crippen LogP contribution in [-0.4, -0.2) is 24.1 Å². The third-order valence-electron chi connectivity index (χ3n) is 5.84. The molecule has 2 aromatic carbocycles. The van der Waals surface area contributed by atoms with Crippen LogP contribution in [0.3, 0.4) is 0 Å². The predicted octanol–water partition coefficient (Wildman–Crippen LogP) is 3.82. The van der Waals surface area contributed by atoms with Crippen molar-refractivity contribution in [1.82, 2.24) is 15.6 Å². The average molecular weight is 494 g/mol. The number of urea groups is 1. The molecule has 1 aliphatic rings. The van der Waals surface area contributed by atoms with E-state index >= 15 is 0 Å². The van der Waals surface area contributed by atoms with Crippen LogP contribution in [0, 0.1) is 22.7 Å². The number of carbonyl (C=O) groups is 2. The Morgan fingerprint density at radius 1 is 1.00 bits per heavy atom. The number of nitrogens with zero attached hydrogens (tertiary/aromatic N) is 3. The molecule has 9 heteroatoms. The predicted molar refractivity (Wildman–Crippen MR) is 133 cm³/mol. The minimum atomic E-state index is -0.863. The van der Waals surface area contributed by atoms with E-state index in [1.54, 1.807) is 37.4 Å². The van der Waals surface area contributed by atoms with Gasteiger partial charge in [0.05, 0.1) is 35.9 Å². The molecule has 1 aliphatic heterocycles. The lowest BCUT2D eigenvalue weighted by Gasteiger charge is -2.29. The summed E-state index contributed by atoms with van der Waals surface area (Å²) in [5, 5.41) is 24.0. The molecule has 4 rings (SSSR count). The molecule has 2 amide bonds. The maximum atomic E-state index is 13.4. The summed E-state index contributed by atoms with van der Waals surface area (Å²) in [6.07, 6.45) is 3.81. The second kappa shape index (κ2) is 11.5. The van der Waals surface area contributed by atoms with E-state index in [0.717, 1.165) is 11.3 Å². The van der Waals surface area contributed by atoms with Gasteiger partial charge in [-0.3, -0.25) is 4.98 Å². The van der Waals surface area contributed by atoms with Crippen LogP contribution in [0.5, 0.6) is 5.75 Å². The lowest BCUT2D eigenvalue weighted by molar-refractivity contribution is -0.140. The van der Waals surface area contributed by atoms with Crippen molar-refractivity contribution in [2.75, 3.05) is 7.11 Å². The minimum absolute atomic E-state index is 0.0548. The number of methoxy groups -OCH3 is 1. The molecule has 1 aromatic heterocycles. The standard InChI is InChI=1S/C28H23N5O4/c1-36-23-8-5-18(6-9-23)7-10-24-25(27(34)37-17-20-4-2-3-19(11-20)13-29)26(33-28(35)32-24)22-12-21(14-30)15-31-16-22/h2-6,8-9,11-12,15-16,26H,7,10,17H2,1H3,(H2,32,33,35). The van der Waals surface area contributed by atoms with E-state index < -0.39 is 18.0 Å². The third-order valence-corrected chi connectivity index (χ3v) is 5.84. The van der Waals surface area contributed by atoms with Crippen molar-refractivity contribution in [3.63, 3.8) is 0 Å². The van der Waals surface area contributed by atoms with Crippen LogP contribution in [0.4, 0.5) is 4.79 Å². The molecule has 0 saturated heterocycles. The molecule has 0 radical (unpaired) electrons. The van der Waals surface area contributed by atoms with Gasteiger partial charge in [-0.05, 0) is 59.9 Å². The van der Waals surface area contributed by atoms with Crippen molar-refractivity contribution in [3.8, 4) is 17.9 Å². The molecular weight excluding hydrogens is 470 g/mol. The summed E-state index contributed by atoms with van der Waals surface area (Å²) < 4.78 is 10.8. The van der Waals surface area contributed by atoms with E-state index in [4.69, 9.17) is 14.7 Å². The van der Waals surface area contributed by atoms with E-state index in [1.807, 2.05) is 30.3 Å². The molecule has 37 heavy (non-hydrogen) atoms. The number of pyridine rings is 1. The molecule has 9 nitrogen and oxygen atoms in total. The normalized spacial score (nSPS) is 14.6. The number of benzene rings is 2. The molecule has 0 saturated carbocycles. The number of carbonyl (C=O) groups excluding carboxylic acids is 2. The first-order chi connectivity index (χ1) is 18.0. The van der Waals surface area contributed by atoms with Crippen LogP contribution >= 0.6 is 0 Å². The quantitative estimate of drug-likeness (QED) is 0.455. The van der Waals surface area contributed by atoms with Crippen LogP contribution in [0.2, 0.25) is 0 Å². The molecule has 0 bridgehead atoms. The fourth-order valence-electron chi connectivity index (χ4n) is 4.00. The Morgan fingerprint density at radius 3 is 2.51 bits per heavy atom. The Morgan fingerprint density at radius 2 is 1.78 bits per heavy atom. The molecule has 0 aliphatic carbocycles. The number of nitriles is 2. The second-order valence-electron chi connectivity index (χ2n) is 8.28. The minimum Gasteiger partial charge on any atom is -0.497 e. The fourth-order valence-corrected chi connectivity index (χ4v) is 4.00. The van der Waals surface area contributed by atoms with Gasteiger partial charge in [-0.1, -0.05) is 24.3 Å². The van der Waals surface area contributed by atoms with Crippen molar-refractivity contribution in [2.24, 2.45) is 0 Å². The van der Waals surface area contributed by atoms with Crippen molar-refractivity contribution in [1.29, 1.82) is 10.5 Å². The van der Waals surface area contributed by atoms with Gasteiger partial charge in [0, 0.05) is 18.1 Å². The van der Waals surface area contributed by atoms with Gasteiger partial charge in [0.2, 0.25) is 0 Å². The molecule has 2 heterocycles. The Kier molecular flexibility index (Phi) is 7.77. The van der Waals surface area contributed by atoms with E-state index in [0.29, 0.717) is 40.8 Å². The first-order valence-electron chi connectivity index (χ1n) is 11.5. The van der Waals surface area contributed by atoms with Crippen LogP contribution in [0.25, 0.3) is 0 Å². The van der Waals surface area contributed by atoms with Gasteiger partial charge in [0.15, 0.2) is 0 Å². The van der Waals surface area contributed by atoms with Gasteiger partial charge >= 0.3 is 12.0 Å². The number of esters is 1. The van der Waals surface area contributed by atoms with Crippen LogP contribution < -0.4 is 15.4 Å². The monoisotopic (exact) mass is 493 g/mol. The Labute approximate surface area is 214 Å². The van der Waals surface area contributed by atoms with Crippen LogP contribution in [-0.2, 0) is 22.6 Å². The van der Waals surface area contributed by atoms with E-state index in [1.165, 1.54) is 12.4 Å². The number of amides is 2. The highest BCUT2D eigenvalue weighted by Gasteiger charge is 2.34. The highest BCUT2D eigenvalue weighted by Crippen LogP contribution is 2.30. The molecule has 3 aromatic rings. The number of ether oxygens (including phenoxy) is 2. The van der Waals surface area contributed by atoms with Gasteiger partial charge < -0.3 is 20.1 Å².